The van der Waals surface area contributed by atoms with Crippen molar-refractivity contribution in [2.75, 3.05) is 7.11 Å². The Balaban J connectivity index is 2.76. The van der Waals surface area contributed by atoms with Crippen LogP contribution in [0.25, 0.3) is 11.1 Å². The Labute approximate surface area is 116 Å². The van der Waals surface area contributed by atoms with Crippen LogP contribution < -0.4 is 4.74 Å². The average Bonchev–Trinajstić information content (AvgIpc) is 2.30. The maximum atomic E-state index is 13.9. The Bertz CT molecular complexity index is 535. The Morgan fingerprint density at radius 3 is 2.12 bits per heavy atom. The van der Waals surface area contributed by atoms with Gasteiger partial charge in [-0.1, -0.05) is 44.0 Å². The summed E-state index contributed by atoms with van der Waals surface area (Å²) in [6, 6.07) is 10.4. The Morgan fingerprint density at radius 2 is 1.53 bits per heavy atom. The van der Waals surface area contributed by atoms with Crippen LogP contribution in [0, 0.1) is 5.82 Å². The van der Waals surface area contributed by atoms with Crippen LogP contribution in [0.3, 0.4) is 0 Å². The van der Waals surface area contributed by atoms with E-state index in [0.29, 0.717) is 21.3 Å². The molecule has 0 bridgehead atoms. The van der Waals surface area contributed by atoms with Crippen LogP contribution in [0.2, 0.25) is 0 Å². The molecule has 2 aromatic rings. The first-order valence-corrected chi connectivity index (χ1v) is 6.50. The van der Waals surface area contributed by atoms with Gasteiger partial charge in [-0.15, -0.1) is 0 Å². The van der Waals surface area contributed by atoms with Crippen LogP contribution in [-0.2, 0) is 0 Å². The summed E-state index contributed by atoms with van der Waals surface area (Å²) >= 11 is 6.79. The summed E-state index contributed by atoms with van der Waals surface area (Å²) in [5.41, 5.74) is 1.21. The molecule has 0 saturated heterocycles. The van der Waals surface area contributed by atoms with Gasteiger partial charge in [-0.05, 0) is 24.3 Å². The second kappa shape index (κ2) is 5.19. The summed E-state index contributed by atoms with van der Waals surface area (Å²) in [4.78, 5) is 0. The number of methoxy groups -OCH3 is 1. The van der Waals surface area contributed by atoms with Crippen molar-refractivity contribution in [1.29, 1.82) is 0 Å². The molecule has 0 radical (unpaired) electrons. The van der Waals surface area contributed by atoms with Crippen molar-refractivity contribution in [3.05, 3.63) is 51.2 Å². The highest BCUT2D eigenvalue weighted by atomic mass is 79.9. The molecule has 0 N–H and O–H groups in total. The fraction of sp³-hybridized carbons (Fsp3) is 0.0769. The highest BCUT2D eigenvalue weighted by molar-refractivity contribution is 9.11. The van der Waals surface area contributed by atoms with Crippen LogP contribution in [0.4, 0.5) is 4.39 Å². The Kier molecular flexibility index (Phi) is 3.84. The summed E-state index contributed by atoms with van der Waals surface area (Å²) in [6.45, 7) is 0. The molecular formula is C13H9Br2FO. The largest absolute Gasteiger partial charge is 0.496 e. The van der Waals surface area contributed by atoms with Gasteiger partial charge in [-0.2, -0.15) is 0 Å². The third-order valence-corrected chi connectivity index (χ3v) is 3.73. The van der Waals surface area contributed by atoms with Gasteiger partial charge < -0.3 is 4.74 Å². The van der Waals surface area contributed by atoms with E-state index >= 15 is 0 Å². The zero-order valence-electron chi connectivity index (χ0n) is 9.01. The lowest BCUT2D eigenvalue weighted by atomic mass is 10.0. The highest BCUT2D eigenvalue weighted by Crippen LogP contribution is 2.41. The van der Waals surface area contributed by atoms with Gasteiger partial charge in [0.15, 0.2) is 0 Å². The third-order valence-electron chi connectivity index (χ3n) is 2.41. The molecule has 0 fully saturated rings. The lowest BCUT2D eigenvalue weighted by Crippen LogP contribution is -1.92. The summed E-state index contributed by atoms with van der Waals surface area (Å²) in [5, 5.41) is 0. The average molecular weight is 360 g/mol. The summed E-state index contributed by atoms with van der Waals surface area (Å²) in [7, 11) is 1.57. The van der Waals surface area contributed by atoms with Crippen molar-refractivity contribution >= 4 is 31.9 Å². The van der Waals surface area contributed by atoms with Gasteiger partial charge in [0.1, 0.15) is 11.6 Å². The maximum absolute atomic E-state index is 13.9. The summed E-state index contributed by atoms with van der Waals surface area (Å²) < 4.78 is 20.7. The van der Waals surface area contributed by atoms with Crippen molar-refractivity contribution in [2.45, 2.75) is 0 Å². The topological polar surface area (TPSA) is 9.23 Å². The molecule has 0 aromatic heterocycles. The fourth-order valence-electron chi connectivity index (χ4n) is 1.65. The molecule has 0 unspecified atom stereocenters. The molecule has 0 saturated carbocycles. The molecule has 88 valence electrons. The van der Waals surface area contributed by atoms with E-state index in [0.717, 1.165) is 4.47 Å². The van der Waals surface area contributed by atoms with E-state index in [4.69, 9.17) is 4.74 Å². The molecule has 2 aromatic carbocycles. The minimum absolute atomic E-state index is 0.287. The maximum Gasteiger partial charge on any atom is 0.132 e. The second-order valence-corrected chi connectivity index (χ2v) is 5.12. The van der Waals surface area contributed by atoms with Gasteiger partial charge in [-0.3, -0.25) is 0 Å². The number of ether oxygens (including phenoxy) is 1. The SMILES string of the molecule is COc1cccc(Br)c1-c1c(F)cccc1Br. The van der Waals surface area contributed by atoms with Gasteiger partial charge in [-0.25, -0.2) is 4.39 Å². The van der Waals surface area contributed by atoms with Crippen molar-refractivity contribution in [3.8, 4) is 16.9 Å². The second-order valence-electron chi connectivity index (χ2n) is 3.41. The third kappa shape index (κ3) is 2.38. The van der Waals surface area contributed by atoms with Gasteiger partial charge in [0.2, 0.25) is 0 Å². The zero-order valence-corrected chi connectivity index (χ0v) is 12.2. The molecule has 1 nitrogen and oxygen atoms in total. The standard InChI is InChI=1S/C13H9Br2FO/c1-17-11-7-3-5-9(15)13(11)12-8(14)4-2-6-10(12)16/h2-7H,1H3. The van der Waals surface area contributed by atoms with Gasteiger partial charge in [0, 0.05) is 20.1 Å². The van der Waals surface area contributed by atoms with Crippen molar-refractivity contribution in [2.24, 2.45) is 0 Å². The number of hydrogen-bond donors (Lipinski definition) is 0. The summed E-state index contributed by atoms with van der Waals surface area (Å²) in [5.74, 6) is 0.342. The molecule has 0 spiro atoms. The molecular weight excluding hydrogens is 351 g/mol. The van der Waals surface area contributed by atoms with Crippen molar-refractivity contribution < 1.29 is 9.13 Å². The number of benzene rings is 2. The van der Waals surface area contributed by atoms with Gasteiger partial charge in [0.05, 0.1) is 7.11 Å². The highest BCUT2D eigenvalue weighted by Gasteiger charge is 2.16. The Morgan fingerprint density at radius 1 is 0.941 bits per heavy atom. The zero-order chi connectivity index (χ0) is 12.4. The van der Waals surface area contributed by atoms with Crippen molar-refractivity contribution in [1.82, 2.24) is 0 Å². The quantitative estimate of drug-likeness (QED) is 0.730. The van der Waals surface area contributed by atoms with Crippen LogP contribution >= 0.6 is 31.9 Å². The summed E-state index contributed by atoms with van der Waals surface area (Å²) in [6.07, 6.45) is 0. The van der Waals surface area contributed by atoms with Crippen LogP contribution in [0.5, 0.6) is 5.75 Å². The molecule has 4 heteroatoms. The van der Waals surface area contributed by atoms with Gasteiger partial charge in [0.25, 0.3) is 0 Å². The van der Waals surface area contributed by atoms with Crippen LogP contribution in [0.1, 0.15) is 0 Å². The predicted octanol–water partition coefficient (Wildman–Crippen LogP) is 5.03. The van der Waals surface area contributed by atoms with Crippen LogP contribution in [0.15, 0.2) is 45.3 Å². The Hall–Kier alpha value is -0.870. The van der Waals surface area contributed by atoms with E-state index < -0.39 is 0 Å². The van der Waals surface area contributed by atoms with E-state index in [1.807, 2.05) is 12.1 Å². The van der Waals surface area contributed by atoms with E-state index in [1.165, 1.54) is 6.07 Å². The van der Waals surface area contributed by atoms with Crippen LogP contribution in [-0.4, -0.2) is 7.11 Å². The lowest BCUT2D eigenvalue weighted by Gasteiger charge is -2.13. The first kappa shape index (κ1) is 12.6. The monoisotopic (exact) mass is 358 g/mol. The molecule has 0 amide bonds. The molecule has 0 aliphatic rings. The fourth-order valence-corrected chi connectivity index (χ4v) is 2.74. The molecule has 17 heavy (non-hydrogen) atoms. The first-order chi connectivity index (χ1) is 8.15. The first-order valence-electron chi connectivity index (χ1n) is 4.92. The molecule has 0 heterocycles. The lowest BCUT2D eigenvalue weighted by molar-refractivity contribution is 0.416. The minimum atomic E-state index is -0.287. The molecule has 0 aliphatic heterocycles. The molecule has 0 aliphatic carbocycles. The number of hydrogen-bond acceptors (Lipinski definition) is 1. The van der Waals surface area contributed by atoms with Crippen molar-refractivity contribution in [3.63, 3.8) is 0 Å². The number of halogens is 3. The molecule has 0 atom stereocenters. The van der Waals surface area contributed by atoms with E-state index in [-0.39, 0.29) is 5.82 Å². The van der Waals surface area contributed by atoms with E-state index in [9.17, 15) is 4.39 Å². The predicted molar refractivity (Wildman–Crippen MR) is 73.8 cm³/mol. The minimum Gasteiger partial charge on any atom is -0.496 e. The van der Waals surface area contributed by atoms with E-state index in [1.54, 1.807) is 25.3 Å². The smallest absolute Gasteiger partial charge is 0.132 e. The number of rotatable bonds is 2. The van der Waals surface area contributed by atoms with E-state index in [2.05, 4.69) is 31.9 Å². The normalized spacial score (nSPS) is 10.4. The molecule has 2 rings (SSSR count). The van der Waals surface area contributed by atoms with Gasteiger partial charge >= 0.3 is 0 Å².